The number of nitrogens with one attached hydrogen (secondary N) is 1. The second-order valence-corrected chi connectivity index (χ2v) is 7.60. The largest absolute Gasteiger partial charge is 0.494 e. The molecule has 0 saturated carbocycles. The summed E-state index contributed by atoms with van der Waals surface area (Å²) in [4.78, 5) is 27.0. The SMILES string of the molecule is CCOC(=O)N1CCc2c(sc(NC(=O)Cc3ccc(OCC)cc3)c2C#N)C1. The van der Waals surface area contributed by atoms with E-state index in [2.05, 4.69) is 11.4 Å². The van der Waals surface area contributed by atoms with Crippen LogP contribution in [0.5, 0.6) is 5.75 Å². The molecule has 3 rings (SSSR count). The van der Waals surface area contributed by atoms with Crippen molar-refractivity contribution in [2.24, 2.45) is 0 Å². The molecule has 0 fully saturated rings. The highest BCUT2D eigenvalue weighted by atomic mass is 32.1. The van der Waals surface area contributed by atoms with Gasteiger partial charge in [0.15, 0.2) is 0 Å². The van der Waals surface area contributed by atoms with Crippen LogP contribution in [0.3, 0.4) is 0 Å². The van der Waals surface area contributed by atoms with Crippen molar-refractivity contribution >= 4 is 28.3 Å². The number of thiophene rings is 1. The maximum absolute atomic E-state index is 12.5. The number of nitrogens with zero attached hydrogens (tertiary/aromatic N) is 2. The Morgan fingerprint density at radius 1 is 1.24 bits per heavy atom. The molecule has 2 amide bonds. The Morgan fingerprint density at radius 2 is 2.00 bits per heavy atom. The molecule has 8 heteroatoms. The topological polar surface area (TPSA) is 91.7 Å². The van der Waals surface area contributed by atoms with Crippen LogP contribution >= 0.6 is 11.3 Å². The molecule has 0 unspecified atom stereocenters. The van der Waals surface area contributed by atoms with E-state index < -0.39 is 0 Å². The molecule has 0 aliphatic carbocycles. The van der Waals surface area contributed by atoms with Gasteiger partial charge in [-0.15, -0.1) is 11.3 Å². The summed E-state index contributed by atoms with van der Waals surface area (Å²) in [6, 6.07) is 9.58. The third kappa shape index (κ3) is 4.87. The van der Waals surface area contributed by atoms with Crippen molar-refractivity contribution in [1.82, 2.24) is 4.90 Å². The summed E-state index contributed by atoms with van der Waals surface area (Å²) >= 11 is 1.35. The molecule has 1 aliphatic heterocycles. The summed E-state index contributed by atoms with van der Waals surface area (Å²) in [5.41, 5.74) is 2.27. The Morgan fingerprint density at radius 3 is 2.66 bits per heavy atom. The number of benzene rings is 1. The van der Waals surface area contributed by atoms with Crippen LogP contribution < -0.4 is 10.1 Å². The molecule has 2 heterocycles. The van der Waals surface area contributed by atoms with Crippen molar-refractivity contribution in [3.63, 3.8) is 0 Å². The van der Waals surface area contributed by atoms with E-state index in [4.69, 9.17) is 9.47 Å². The maximum atomic E-state index is 12.5. The first-order valence-electron chi connectivity index (χ1n) is 9.53. The van der Waals surface area contributed by atoms with Crippen LogP contribution in [0.15, 0.2) is 24.3 Å². The van der Waals surface area contributed by atoms with Gasteiger partial charge in [-0.3, -0.25) is 4.79 Å². The van der Waals surface area contributed by atoms with E-state index in [9.17, 15) is 14.9 Å². The van der Waals surface area contributed by atoms with Crippen molar-refractivity contribution in [3.8, 4) is 11.8 Å². The fourth-order valence-corrected chi connectivity index (χ4v) is 4.44. The number of nitriles is 1. The third-order valence-corrected chi connectivity index (χ3v) is 5.68. The summed E-state index contributed by atoms with van der Waals surface area (Å²) in [6.45, 7) is 5.49. The van der Waals surface area contributed by atoms with Crippen LogP contribution in [0.25, 0.3) is 0 Å². The number of rotatable bonds is 6. The second kappa shape index (κ2) is 9.43. The lowest BCUT2D eigenvalue weighted by Gasteiger charge is -2.25. The van der Waals surface area contributed by atoms with Gasteiger partial charge in [0.2, 0.25) is 5.91 Å². The van der Waals surface area contributed by atoms with Crippen molar-refractivity contribution < 1.29 is 19.1 Å². The van der Waals surface area contributed by atoms with Crippen LogP contribution in [-0.2, 0) is 28.9 Å². The maximum Gasteiger partial charge on any atom is 0.410 e. The first-order chi connectivity index (χ1) is 14.0. The van der Waals surface area contributed by atoms with Crippen molar-refractivity contribution in [1.29, 1.82) is 5.26 Å². The molecule has 1 aromatic heterocycles. The van der Waals surface area contributed by atoms with E-state index in [0.717, 1.165) is 21.8 Å². The van der Waals surface area contributed by atoms with E-state index in [1.54, 1.807) is 11.8 Å². The van der Waals surface area contributed by atoms with Gasteiger partial charge in [-0.2, -0.15) is 5.26 Å². The van der Waals surface area contributed by atoms with Crippen LogP contribution in [0, 0.1) is 11.3 Å². The molecule has 0 atom stereocenters. The van der Waals surface area contributed by atoms with Gasteiger partial charge in [0.25, 0.3) is 0 Å². The van der Waals surface area contributed by atoms with Crippen molar-refractivity contribution in [3.05, 3.63) is 45.8 Å². The first kappa shape index (κ1) is 20.7. The number of hydrogen-bond acceptors (Lipinski definition) is 6. The lowest BCUT2D eigenvalue weighted by Crippen LogP contribution is -2.35. The lowest BCUT2D eigenvalue weighted by molar-refractivity contribution is -0.115. The highest BCUT2D eigenvalue weighted by molar-refractivity contribution is 7.16. The Kier molecular flexibility index (Phi) is 6.73. The Bertz CT molecular complexity index is 931. The normalized spacial score (nSPS) is 12.7. The number of carbonyl (C=O) groups excluding carboxylic acids is 2. The van der Waals surface area contributed by atoms with Gasteiger partial charge < -0.3 is 19.7 Å². The molecule has 152 valence electrons. The number of fused-ring (bicyclic) bond motifs is 1. The van der Waals surface area contributed by atoms with Gasteiger partial charge in [0.05, 0.1) is 31.7 Å². The monoisotopic (exact) mass is 413 g/mol. The third-order valence-electron chi connectivity index (χ3n) is 4.55. The van der Waals surface area contributed by atoms with Gasteiger partial charge in [0.1, 0.15) is 16.8 Å². The molecule has 0 spiro atoms. The van der Waals surface area contributed by atoms with Crippen LogP contribution in [0.2, 0.25) is 0 Å². The quantitative estimate of drug-likeness (QED) is 0.779. The predicted octanol–water partition coefficient (Wildman–Crippen LogP) is 3.71. The summed E-state index contributed by atoms with van der Waals surface area (Å²) in [5.74, 6) is 0.576. The summed E-state index contributed by atoms with van der Waals surface area (Å²) in [6.07, 6.45) is 0.419. The standard InChI is InChI=1S/C21H23N3O4S/c1-3-27-15-7-5-14(6-8-15)11-19(25)23-20-17(12-22)16-9-10-24(13-18(16)29-20)21(26)28-4-2/h5-8H,3-4,9-11,13H2,1-2H3,(H,23,25). The Balaban J connectivity index is 1.69. The van der Waals surface area contributed by atoms with Gasteiger partial charge in [-0.25, -0.2) is 4.79 Å². The minimum Gasteiger partial charge on any atom is -0.494 e. The molecule has 1 aromatic carbocycles. The molecule has 7 nitrogen and oxygen atoms in total. The Hall–Kier alpha value is -3.05. The van der Waals surface area contributed by atoms with E-state index in [1.165, 1.54) is 11.3 Å². The van der Waals surface area contributed by atoms with E-state index in [0.29, 0.717) is 43.3 Å². The smallest absolute Gasteiger partial charge is 0.410 e. The predicted molar refractivity (Wildman–Crippen MR) is 110 cm³/mol. The molecule has 0 saturated heterocycles. The van der Waals surface area contributed by atoms with Crippen LogP contribution in [0.4, 0.5) is 9.80 Å². The average Bonchev–Trinajstić information content (AvgIpc) is 3.05. The van der Waals surface area contributed by atoms with E-state index in [1.807, 2.05) is 31.2 Å². The van der Waals surface area contributed by atoms with Crippen molar-refractivity contribution in [2.75, 3.05) is 25.1 Å². The minimum atomic E-state index is -0.355. The average molecular weight is 413 g/mol. The number of amides is 2. The molecule has 0 bridgehead atoms. The highest BCUT2D eigenvalue weighted by Gasteiger charge is 2.28. The second-order valence-electron chi connectivity index (χ2n) is 6.49. The highest BCUT2D eigenvalue weighted by Crippen LogP contribution is 2.36. The lowest BCUT2D eigenvalue weighted by atomic mass is 10.0. The molecular formula is C21H23N3O4S. The van der Waals surface area contributed by atoms with Gasteiger partial charge in [-0.05, 0) is 43.5 Å². The molecule has 0 radical (unpaired) electrons. The molecule has 1 N–H and O–H groups in total. The Labute approximate surface area is 173 Å². The van der Waals surface area contributed by atoms with E-state index >= 15 is 0 Å². The fraction of sp³-hybridized carbons (Fsp3) is 0.381. The molecular weight excluding hydrogens is 390 g/mol. The summed E-state index contributed by atoms with van der Waals surface area (Å²) in [7, 11) is 0. The zero-order chi connectivity index (χ0) is 20.8. The number of anilines is 1. The number of hydrogen-bond donors (Lipinski definition) is 1. The summed E-state index contributed by atoms with van der Waals surface area (Å²) in [5, 5.41) is 13.0. The van der Waals surface area contributed by atoms with E-state index in [-0.39, 0.29) is 18.4 Å². The van der Waals surface area contributed by atoms with Gasteiger partial charge in [0, 0.05) is 11.4 Å². The van der Waals surface area contributed by atoms with Crippen LogP contribution in [0.1, 0.15) is 35.4 Å². The minimum absolute atomic E-state index is 0.188. The molecule has 2 aromatic rings. The van der Waals surface area contributed by atoms with Gasteiger partial charge in [-0.1, -0.05) is 12.1 Å². The zero-order valence-electron chi connectivity index (χ0n) is 16.5. The summed E-state index contributed by atoms with van der Waals surface area (Å²) < 4.78 is 10.5. The number of carbonyl (C=O) groups is 2. The van der Waals surface area contributed by atoms with Crippen LogP contribution in [-0.4, -0.2) is 36.7 Å². The number of ether oxygens (including phenoxy) is 2. The molecule has 1 aliphatic rings. The fourth-order valence-electron chi connectivity index (χ4n) is 3.21. The molecule has 29 heavy (non-hydrogen) atoms. The zero-order valence-corrected chi connectivity index (χ0v) is 17.3. The first-order valence-corrected chi connectivity index (χ1v) is 10.3. The van der Waals surface area contributed by atoms with Crippen molar-refractivity contribution in [2.45, 2.75) is 33.2 Å². The van der Waals surface area contributed by atoms with Gasteiger partial charge >= 0.3 is 6.09 Å².